The monoisotopic (exact) mass is 419 g/mol. The van der Waals surface area contributed by atoms with Crippen LogP contribution in [-0.2, 0) is 16.1 Å². The number of thiophene rings is 1. The van der Waals surface area contributed by atoms with E-state index in [-0.39, 0.29) is 17.7 Å². The van der Waals surface area contributed by atoms with Crippen LogP contribution in [0.3, 0.4) is 0 Å². The molecule has 3 heterocycles. The Morgan fingerprint density at radius 3 is 2.66 bits per heavy atom. The Morgan fingerprint density at radius 1 is 1.28 bits per heavy atom. The van der Waals surface area contributed by atoms with E-state index < -0.39 is 0 Å². The number of hydrogen-bond acceptors (Lipinski definition) is 7. The summed E-state index contributed by atoms with van der Waals surface area (Å²) in [6.07, 6.45) is 2.45. The second-order valence-corrected chi connectivity index (χ2v) is 8.52. The third-order valence-electron chi connectivity index (χ3n) is 5.11. The molecule has 1 fully saturated rings. The lowest BCUT2D eigenvalue weighted by Gasteiger charge is -2.33. The number of piperidine rings is 1. The summed E-state index contributed by atoms with van der Waals surface area (Å²) in [4.78, 5) is 31.5. The third-order valence-corrected chi connectivity index (χ3v) is 5.97. The summed E-state index contributed by atoms with van der Waals surface area (Å²) in [7, 11) is 3.59. The molecule has 0 bridgehead atoms. The van der Waals surface area contributed by atoms with Crippen LogP contribution in [0.4, 0.5) is 0 Å². The molecule has 0 atom stereocenters. The number of aromatic nitrogens is 2. The Hall–Kier alpha value is -2.26. The van der Waals surface area contributed by atoms with Gasteiger partial charge in [0.1, 0.15) is 0 Å². The smallest absolute Gasteiger partial charge is 0.257 e. The first-order valence-electron chi connectivity index (χ1n) is 10.1. The summed E-state index contributed by atoms with van der Waals surface area (Å²) >= 11 is 1.54. The molecule has 8 nitrogen and oxygen atoms in total. The van der Waals surface area contributed by atoms with Gasteiger partial charge in [-0.25, -0.2) is 0 Å². The lowest BCUT2D eigenvalue weighted by atomic mass is 9.95. The molecule has 0 spiro atoms. The number of carbonyl (C=O) groups is 2. The second kappa shape index (κ2) is 9.98. The molecular weight excluding hydrogens is 390 g/mol. The highest BCUT2D eigenvalue weighted by molar-refractivity contribution is 7.13. The van der Waals surface area contributed by atoms with Crippen LogP contribution in [0.15, 0.2) is 21.9 Å². The predicted molar refractivity (Wildman–Crippen MR) is 111 cm³/mol. The van der Waals surface area contributed by atoms with Gasteiger partial charge < -0.3 is 14.2 Å². The predicted octanol–water partition coefficient (Wildman–Crippen LogP) is 2.34. The molecular formula is C20H29N5O3S. The van der Waals surface area contributed by atoms with Crippen LogP contribution in [0.2, 0.25) is 0 Å². The Kier molecular flexibility index (Phi) is 7.38. The fourth-order valence-electron chi connectivity index (χ4n) is 3.54. The fourth-order valence-corrected chi connectivity index (χ4v) is 4.18. The van der Waals surface area contributed by atoms with Crippen molar-refractivity contribution >= 4 is 23.2 Å². The summed E-state index contributed by atoms with van der Waals surface area (Å²) in [5.74, 6) is 1.25. The Balaban J connectivity index is 1.54. The molecule has 2 amide bonds. The molecule has 9 heteroatoms. The highest BCUT2D eigenvalue weighted by Gasteiger charge is 2.28. The van der Waals surface area contributed by atoms with Gasteiger partial charge >= 0.3 is 0 Å². The Bertz CT molecular complexity index is 797. The van der Waals surface area contributed by atoms with Crippen molar-refractivity contribution in [2.75, 3.05) is 40.3 Å². The normalized spacial score (nSPS) is 15.4. The zero-order valence-electron chi connectivity index (χ0n) is 17.3. The van der Waals surface area contributed by atoms with Crippen molar-refractivity contribution in [2.24, 2.45) is 5.92 Å². The molecule has 0 N–H and O–H groups in total. The van der Waals surface area contributed by atoms with Crippen LogP contribution >= 0.6 is 11.3 Å². The van der Waals surface area contributed by atoms with Crippen LogP contribution < -0.4 is 0 Å². The number of likely N-dealkylation sites (tertiary alicyclic amines) is 1. The zero-order valence-corrected chi connectivity index (χ0v) is 18.2. The summed E-state index contributed by atoms with van der Waals surface area (Å²) in [6, 6.07) is 3.87. The fraction of sp³-hybridized carbons (Fsp3) is 0.600. The van der Waals surface area contributed by atoms with Crippen LogP contribution in [-0.4, -0.2) is 77.0 Å². The molecule has 0 unspecified atom stereocenters. The van der Waals surface area contributed by atoms with Gasteiger partial charge in [0.05, 0.1) is 18.0 Å². The van der Waals surface area contributed by atoms with E-state index in [0.717, 1.165) is 37.2 Å². The minimum Gasteiger partial charge on any atom is -0.418 e. The van der Waals surface area contributed by atoms with E-state index >= 15 is 0 Å². The first-order valence-corrected chi connectivity index (χ1v) is 10.9. The average molecular weight is 420 g/mol. The maximum absolute atomic E-state index is 12.9. The van der Waals surface area contributed by atoms with E-state index in [1.54, 1.807) is 35.2 Å². The number of carbonyl (C=O) groups excluding carboxylic acids is 2. The van der Waals surface area contributed by atoms with E-state index in [1.807, 2.05) is 24.4 Å². The van der Waals surface area contributed by atoms with Crippen LogP contribution in [0.1, 0.15) is 32.1 Å². The molecule has 2 aromatic heterocycles. The molecule has 158 valence electrons. The number of rotatable bonds is 8. The quantitative estimate of drug-likeness (QED) is 0.653. The van der Waals surface area contributed by atoms with Crippen molar-refractivity contribution in [2.45, 2.75) is 32.7 Å². The van der Waals surface area contributed by atoms with Crippen LogP contribution in [0.5, 0.6) is 0 Å². The Morgan fingerprint density at radius 2 is 2.03 bits per heavy atom. The SMILES string of the molecule is CCCN(Cc1nnc(-c2cccs2)o1)C(=O)CN1CCC(C(=O)N(C)C)CC1. The van der Waals surface area contributed by atoms with E-state index in [1.165, 1.54) is 0 Å². The molecule has 1 aliphatic heterocycles. The van der Waals surface area contributed by atoms with Crippen molar-refractivity contribution in [1.29, 1.82) is 0 Å². The number of hydrogen-bond donors (Lipinski definition) is 0. The second-order valence-electron chi connectivity index (χ2n) is 7.58. The summed E-state index contributed by atoms with van der Waals surface area (Å²) in [5.41, 5.74) is 0. The van der Waals surface area contributed by atoms with Gasteiger partial charge in [-0.15, -0.1) is 21.5 Å². The van der Waals surface area contributed by atoms with Gasteiger partial charge in [-0.05, 0) is 43.8 Å². The zero-order chi connectivity index (χ0) is 20.8. The molecule has 0 saturated carbocycles. The van der Waals surface area contributed by atoms with E-state index in [2.05, 4.69) is 15.1 Å². The first-order chi connectivity index (χ1) is 14.0. The van der Waals surface area contributed by atoms with Gasteiger partial charge in [-0.3, -0.25) is 14.5 Å². The molecule has 0 aromatic carbocycles. The van der Waals surface area contributed by atoms with Gasteiger partial charge in [-0.2, -0.15) is 0 Å². The third kappa shape index (κ3) is 5.63. The van der Waals surface area contributed by atoms with E-state index in [9.17, 15) is 9.59 Å². The summed E-state index contributed by atoms with van der Waals surface area (Å²) in [6.45, 7) is 4.89. The summed E-state index contributed by atoms with van der Waals surface area (Å²) in [5, 5.41) is 10.2. The summed E-state index contributed by atoms with van der Waals surface area (Å²) < 4.78 is 5.75. The maximum atomic E-state index is 12.9. The van der Waals surface area contributed by atoms with Crippen molar-refractivity contribution < 1.29 is 14.0 Å². The number of nitrogens with zero attached hydrogens (tertiary/aromatic N) is 5. The average Bonchev–Trinajstić information content (AvgIpc) is 3.39. The topological polar surface area (TPSA) is 82.8 Å². The van der Waals surface area contributed by atoms with Crippen LogP contribution in [0, 0.1) is 5.92 Å². The van der Waals surface area contributed by atoms with E-state index in [0.29, 0.717) is 31.4 Å². The molecule has 29 heavy (non-hydrogen) atoms. The number of amides is 2. The molecule has 1 saturated heterocycles. The lowest BCUT2D eigenvalue weighted by molar-refractivity contribution is -0.135. The van der Waals surface area contributed by atoms with Crippen molar-refractivity contribution in [3.8, 4) is 10.8 Å². The molecule has 0 radical (unpaired) electrons. The highest BCUT2D eigenvalue weighted by Crippen LogP contribution is 2.23. The van der Waals surface area contributed by atoms with Crippen molar-refractivity contribution in [3.05, 3.63) is 23.4 Å². The van der Waals surface area contributed by atoms with Gasteiger partial charge in [0, 0.05) is 26.6 Å². The Labute approximate surface area is 175 Å². The minimum absolute atomic E-state index is 0.0557. The van der Waals surface area contributed by atoms with Crippen LogP contribution in [0.25, 0.3) is 10.8 Å². The van der Waals surface area contributed by atoms with Gasteiger partial charge in [0.2, 0.25) is 17.7 Å². The minimum atomic E-state index is 0.0557. The molecule has 3 rings (SSSR count). The first kappa shape index (κ1) is 21.4. The molecule has 2 aromatic rings. The van der Waals surface area contributed by atoms with Gasteiger partial charge in [0.25, 0.3) is 5.89 Å². The highest BCUT2D eigenvalue weighted by atomic mass is 32.1. The molecule has 0 aliphatic carbocycles. The van der Waals surface area contributed by atoms with Gasteiger partial charge in [0.15, 0.2) is 0 Å². The standard InChI is InChI=1S/C20H29N5O3S/c1-4-9-25(13-17-21-22-19(28-17)16-6-5-12-29-16)18(26)14-24-10-7-15(8-11-24)20(27)23(2)3/h5-6,12,15H,4,7-11,13-14H2,1-3H3. The van der Waals surface area contributed by atoms with Crippen molar-refractivity contribution in [1.82, 2.24) is 24.9 Å². The van der Waals surface area contributed by atoms with E-state index in [4.69, 9.17) is 4.42 Å². The van der Waals surface area contributed by atoms with Crippen molar-refractivity contribution in [3.63, 3.8) is 0 Å². The lowest BCUT2D eigenvalue weighted by Crippen LogP contribution is -2.45. The molecule has 1 aliphatic rings. The largest absolute Gasteiger partial charge is 0.418 e. The maximum Gasteiger partial charge on any atom is 0.257 e. The van der Waals surface area contributed by atoms with Gasteiger partial charge in [-0.1, -0.05) is 13.0 Å².